The van der Waals surface area contributed by atoms with E-state index in [1.807, 2.05) is 0 Å². The van der Waals surface area contributed by atoms with Crippen LogP contribution in [-0.2, 0) is 13.2 Å². The topological polar surface area (TPSA) is 55.1 Å². The minimum Gasteiger partial charge on any atom is -0.506 e. The predicted molar refractivity (Wildman–Crippen MR) is 71.6 cm³/mol. The molecule has 0 unspecified atom stereocenters. The van der Waals surface area contributed by atoms with E-state index >= 15 is 0 Å². The molecule has 2 rings (SSSR count). The molecule has 0 bridgehead atoms. The largest absolute Gasteiger partial charge is 0.506 e. The molecule has 0 aliphatic rings. The van der Waals surface area contributed by atoms with Crippen LogP contribution in [-0.4, -0.2) is 14.9 Å². The van der Waals surface area contributed by atoms with Gasteiger partial charge in [0.15, 0.2) is 0 Å². The van der Waals surface area contributed by atoms with Crippen LogP contribution in [0.25, 0.3) is 11.3 Å². The van der Waals surface area contributed by atoms with E-state index in [0.717, 1.165) is 13.1 Å². The Hall–Kier alpha value is -1.73. The molecular weight excluding hydrogens is 332 g/mol. The molecule has 1 heterocycles. The number of benzene rings is 1. The Labute approximate surface area is 126 Å². The van der Waals surface area contributed by atoms with Gasteiger partial charge >= 0.3 is 6.18 Å². The lowest BCUT2D eigenvalue weighted by molar-refractivity contribution is -0.144. The molecular formula is C12H7Cl2F3N2O2. The first-order valence-electron chi connectivity index (χ1n) is 5.45. The number of rotatable bonds is 1. The number of phenolic OH excluding ortho intramolecular Hbond substituents is 1. The molecule has 0 fully saturated rings. The number of aromatic hydroxyl groups is 1. The predicted octanol–water partition coefficient (Wildman–Crippen LogP) is 3.48. The maximum absolute atomic E-state index is 12.7. The van der Waals surface area contributed by atoms with Crippen molar-refractivity contribution >= 4 is 23.2 Å². The monoisotopic (exact) mass is 338 g/mol. The highest BCUT2D eigenvalue weighted by Gasteiger charge is 2.34. The number of alkyl halides is 3. The van der Waals surface area contributed by atoms with E-state index in [2.05, 4.69) is 5.10 Å². The highest BCUT2D eigenvalue weighted by Crippen LogP contribution is 2.35. The van der Waals surface area contributed by atoms with Crippen LogP contribution in [0.3, 0.4) is 0 Å². The number of aryl methyl sites for hydroxylation is 1. The van der Waals surface area contributed by atoms with Gasteiger partial charge in [-0.25, -0.2) is 0 Å². The van der Waals surface area contributed by atoms with Crippen molar-refractivity contribution in [1.82, 2.24) is 9.78 Å². The molecule has 1 aromatic carbocycles. The molecule has 0 atom stereocenters. The van der Waals surface area contributed by atoms with E-state index in [1.54, 1.807) is 0 Å². The van der Waals surface area contributed by atoms with E-state index in [-0.39, 0.29) is 27.1 Å². The summed E-state index contributed by atoms with van der Waals surface area (Å²) < 4.78 is 38.6. The van der Waals surface area contributed by atoms with Crippen LogP contribution in [0.2, 0.25) is 10.0 Å². The molecule has 0 aliphatic heterocycles. The highest BCUT2D eigenvalue weighted by atomic mass is 35.5. The molecule has 0 amide bonds. The molecule has 0 spiro atoms. The van der Waals surface area contributed by atoms with Gasteiger partial charge in [0.25, 0.3) is 0 Å². The summed E-state index contributed by atoms with van der Waals surface area (Å²) in [5.41, 5.74) is -2.48. The third-order valence-corrected chi connectivity index (χ3v) is 3.30. The Balaban J connectivity index is 2.70. The van der Waals surface area contributed by atoms with Gasteiger partial charge < -0.3 is 5.11 Å². The molecule has 9 heteroatoms. The van der Waals surface area contributed by atoms with Gasteiger partial charge in [0, 0.05) is 18.7 Å². The Kier molecular flexibility index (Phi) is 3.90. The molecule has 4 nitrogen and oxygen atoms in total. The summed E-state index contributed by atoms with van der Waals surface area (Å²) in [6.45, 7) is 0. The van der Waals surface area contributed by atoms with Crippen molar-refractivity contribution in [3.8, 4) is 17.0 Å². The van der Waals surface area contributed by atoms with E-state index in [4.69, 9.17) is 23.2 Å². The zero-order valence-electron chi connectivity index (χ0n) is 10.4. The average molecular weight is 339 g/mol. The van der Waals surface area contributed by atoms with Crippen LogP contribution >= 0.6 is 23.2 Å². The first-order valence-corrected chi connectivity index (χ1v) is 6.21. The number of halogens is 5. The van der Waals surface area contributed by atoms with E-state index in [0.29, 0.717) is 10.7 Å². The second-order valence-electron chi connectivity index (χ2n) is 4.15. The summed E-state index contributed by atoms with van der Waals surface area (Å²) in [6, 6.07) is 2.67. The van der Waals surface area contributed by atoms with E-state index in [9.17, 15) is 23.1 Å². The van der Waals surface area contributed by atoms with E-state index < -0.39 is 17.3 Å². The fraction of sp³-hybridized carbons (Fsp3) is 0.167. The first-order chi connectivity index (χ1) is 9.61. The highest BCUT2D eigenvalue weighted by molar-refractivity contribution is 6.37. The molecule has 1 aromatic heterocycles. The molecule has 2 aromatic rings. The number of aromatic nitrogens is 2. The fourth-order valence-corrected chi connectivity index (χ4v) is 2.18. The van der Waals surface area contributed by atoms with Crippen molar-refractivity contribution in [1.29, 1.82) is 0 Å². The maximum Gasteiger partial charge on any atom is 0.433 e. The zero-order valence-corrected chi connectivity index (χ0v) is 11.9. The summed E-state index contributed by atoms with van der Waals surface area (Å²) in [5.74, 6) is -0.361. The van der Waals surface area contributed by atoms with Gasteiger partial charge in [-0.3, -0.25) is 9.48 Å². The third kappa shape index (κ3) is 2.98. The standard InChI is InChI=1S/C12H7Cl2F3N2O2/c1-19-10(12(15,16)17)4-9(21)11(18-19)5-2-8(20)7(14)3-6(5)13/h2-4,20H,1H3. The second-order valence-corrected chi connectivity index (χ2v) is 4.96. The van der Waals surface area contributed by atoms with Crippen LogP contribution in [0.5, 0.6) is 5.75 Å². The van der Waals surface area contributed by atoms with Gasteiger partial charge in [0.2, 0.25) is 5.43 Å². The first kappa shape index (κ1) is 15.7. The summed E-state index contributed by atoms with van der Waals surface area (Å²) in [6.07, 6.45) is -4.70. The van der Waals surface area contributed by atoms with Gasteiger partial charge in [-0.2, -0.15) is 18.3 Å². The quantitative estimate of drug-likeness (QED) is 0.866. The number of nitrogens with zero attached hydrogens (tertiary/aromatic N) is 2. The molecule has 21 heavy (non-hydrogen) atoms. The SMILES string of the molecule is Cn1nc(-c2cc(O)c(Cl)cc2Cl)c(=O)cc1C(F)(F)F. The number of hydrogen-bond donors (Lipinski definition) is 1. The van der Waals surface area contributed by atoms with Crippen LogP contribution in [0.4, 0.5) is 13.2 Å². The molecule has 1 N–H and O–H groups in total. The Morgan fingerprint density at radius 3 is 2.38 bits per heavy atom. The van der Waals surface area contributed by atoms with Crippen LogP contribution in [0.15, 0.2) is 23.0 Å². The lowest BCUT2D eigenvalue weighted by Crippen LogP contribution is -2.22. The van der Waals surface area contributed by atoms with Crippen molar-refractivity contribution < 1.29 is 18.3 Å². The van der Waals surface area contributed by atoms with Crippen LogP contribution in [0, 0.1) is 0 Å². The molecule has 0 radical (unpaired) electrons. The average Bonchev–Trinajstić information content (AvgIpc) is 2.35. The summed E-state index contributed by atoms with van der Waals surface area (Å²) in [5, 5.41) is 13.0. The minimum atomic E-state index is -4.70. The van der Waals surface area contributed by atoms with Crippen molar-refractivity contribution in [2.24, 2.45) is 7.05 Å². The van der Waals surface area contributed by atoms with Crippen molar-refractivity contribution in [3.63, 3.8) is 0 Å². The number of phenols is 1. The van der Waals surface area contributed by atoms with Gasteiger partial charge in [0.1, 0.15) is 17.1 Å². The van der Waals surface area contributed by atoms with Gasteiger partial charge in [-0.1, -0.05) is 23.2 Å². The number of hydrogen-bond acceptors (Lipinski definition) is 3. The molecule has 0 saturated heterocycles. The lowest BCUT2D eigenvalue weighted by Gasteiger charge is -2.13. The fourth-order valence-electron chi connectivity index (χ4n) is 1.71. The molecule has 0 saturated carbocycles. The molecule has 112 valence electrons. The van der Waals surface area contributed by atoms with Crippen molar-refractivity contribution in [2.75, 3.05) is 0 Å². The van der Waals surface area contributed by atoms with Gasteiger partial charge in [-0.15, -0.1) is 0 Å². The van der Waals surface area contributed by atoms with E-state index in [1.165, 1.54) is 6.07 Å². The maximum atomic E-state index is 12.7. The summed E-state index contributed by atoms with van der Waals surface area (Å²) >= 11 is 11.5. The van der Waals surface area contributed by atoms with Crippen LogP contribution in [0.1, 0.15) is 5.69 Å². The van der Waals surface area contributed by atoms with Gasteiger partial charge in [0.05, 0.1) is 10.0 Å². The zero-order chi connectivity index (χ0) is 15.9. The summed E-state index contributed by atoms with van der Waals surface area (Å²) in [4.78, 5) is 11.8. The second kappa shape index (κ2) is 5.23. The Morgan fingerprint density at radius 1 is 1.19 bits per heavy atom. The lowest BCUT2D eigenvalue weighted by atomic mass is 10.1. The smallest absolute Gasteiger partial charge is 0.433 e. The minimum absolute atomic E-state index is 0.00658. The molecule has 0 aliphatic carbocycles. The Bertz CT molecular complexity index is 772. The Morgan fingerprint density at radius 2 is 1.81 bits per heavy atom. The normalized spacial score (nSPS) is 11.7. The van der Waals surface area contributed by atoms with Crippen molar-refractivity contribution in [3.05, 3.63) is 44.2 Å². The van der Waals surface area contributed by atoms with Crippen LogP contribution < -0.4 is 5.43 Å². The van der Waals surface area contributed by atoms with Crippen molar-refractivity contribution in [2.45, 2.75) is 6.18 Å². The third-order valence-electron chi connectivity index (χ3n) is 2.68. The summed E-state index contributed by atoms with van der Waals surface area (Å²) in [7, 11) is 1.05. The van der Waals surface area contributed by atoms with Gasteiger partial charge in [-0.05, 0) is 12.1 Å².